The maximum absolute atomic E-state index is 13.7. The molecule has 0 N–H and O–H groups in total. The summed E-state index contributed by atoms with van der Waals surface area (Å²) in [5.41, 5.74) is 0. The van der Waals surface area contributed by atoms with Crippen LogP contribution in [0.3, 0.4) is 0 Å². The molecule has 5 nitrogen and oxygen atoms in total. The Morgan fingerprint density at radius 2 is 1.81 bits per heavy atom. The molecule has 1 spiro atoms. The second-order valence-electron chi connectivity index (χ2n) is 10.9. The SMILES string of the molecule is C[C@@H]1CCCO[C@]12O[C@H](CO[Si](C)(C)C(C)(C)C)[C@@H](C)C[C@H]2S(=O)(=O)c1ccccc1. The lowest BCUT2D eigenvalue weighted by Gasteiger charge is -2.53. The van der Waals surface area contributed by atoms with Crippen molar-refractivity contribution in [2.45, 2.75) is 94.0 Å². The van der Waals surface area contributed by atoms with Crippen molar-refractivity contribution in [3.05, 3.63) is 30.3 Å². The van der Waals surface area contributed by atoms with Crippen LogP contribution < -0.4 is 0 Å². The van der Waals surface area contributed by atoms with E-state index in [1.54, 1.807) is 24.3 Å². The van der Waals surface area contributed by atoms with Crippen LogP contribution in [0.2, 0.25) is 18.1 Å². The van der Waals surface area contributed by atoms with Crippen molar-refractivity contribution in [3.8, 4) is 0 Å². The minimum atomic E-state index is -3.61. The summed E-state index contributed by atoms with van der Waals surface area (Å²) in [4.78, 5) is 0.340. The van der Waals surface area contributed by atoms with Gasteiger partial charge in [-0.1, -0.05) is 52.8 Å². The average Bonchev–Trinajstić information content (AvgIpc) is 2.70. The highest BCUT2D eigenvalue weighted by atomic mass is 32.2. The summed E-state index contributed by atoms with van der Waals surface area (Å²) in [7, 11) is -5.55. The Morgan fingerprint density at radius 1 is 1.16 bits per heavy atom. The molecular formula is C24H40O5SSi. The van der Waals surface area contributed by atoms with Crippen LogP contribution in [0.1, 0.15) is 53.9 Å². The summed E-state index contributed by atoms with van der Waals surface area (Å²) >= 11 is 0. The molecule has 3 rings (SSSR count). The van der Waals surface area contributed by atoms with Gasteiger partial charge < -0.3 is 13.9 Å². The molecule has 7 heteroatoms. The highest BCUT2D eigenvalue weighted by Gasteiger charge is 2.58. The van der Waals surface area contributed by atoms with Gasteiger partial charge in [-0.2, -0.15) is 0 Å². The molecule has 0 aliphatic carbocycles. The van der Waals surface area contributed by atoms with E-state index in [2.05, 4.69) is 47.7 Å². The van der Waals surface area contributed by atoms with Crippen LogP contribution in [-0.4, -0.2) is 47.1 Å². The Kier molecular flexibility index (Phi) is 7.15. The predicted molar refractivity (Wildman–Crippen MR) is 126 cm³/mol. The summed E-state index contributed by atoms with van der Waals surface area (Å²) in [5, 5.41) is -0.618. The largest absolute Gasteiger partial charge is 0.414 e. The Morgan fingerprint density at radius 3 is 2.39 bits per heavy atom. The van der Waals surface area contributed by atoms with E-state index >= 15 is 0 Å². The fraction of sp³-hybridized carbons (Fsp3) is 0.750. The lowest BCUT2D eigenvalue weighted by atomic mass is 9.82. The van der Waals surface area contributed by atoms with Gasteiger partial charge in [-0.3, -0.25) is 0 Å². The first-order valence-electron chi connectivity index (χ1n) is 11.6. The molecule has 0 saturated carbocycles. The first-order valence-corrected chi connectivity index (χ1v) is 16.0. The third-order valence-electron chi connectivity index (χ3n) is 7.66. The highest BCUT2D eigenvalue weighted by Crippen LogP contribution is 2.47. The molecule has 2 aliphatic heterocycles. The first-order chi connectivity index (χ1) is 14.3. The topological polar surface area (TPSA) is 61.8 Å². The van der Waals surface area contributed by atoms with E-state index in [9.17, 15) is 8.42 Å². The molecule has 0 unspecified atom stereocenters. The van der Waals surface area contributed by atoms with E-state index in [0.29, 0.717) is 24.5 Å². The molecular weight excluding hydrogens is 428 g/mol. The minimum absolute atomic E-state index is 0.00684. The molecule has 31 heavy (non-hydrogen) atoms. The molecule has 2 aliphatic rings. The second-order valence-corrected chi connectivity index (χ2v) is 17.8. The van der Waals surface area contributed by atoms with Crippen molar-refractivity contribution >= 4 is 18.2 Å². The number of ether oxygens (including phenoxy) is 2. The maximum atomic E-state index is 13.7. The molecule has 0 bridgehead atoms. The number of rotatable bonds is 5. The fourth-order valence-corrected chi connectivity index (χ4v) is 7.65. The Labute approximate surface area is 189 Å². The van der Waals surface area contributed by atoms with Crippen LogP contribution in [0.15, 0.2) is 35.2 Å². The monoisotopic (exact) mass is 468 g/mol. The van der Waals surface area contributed by atoms with Crippen LogP contribution >= 0.6 is 0 Å². The van der Waals surface area contributed by atoms with E-state index in [1.165, 1.54) is 0 Å². The Hall–Kier alpha value is -0.733. The third-order valence-corrected chi connectivity index (χ3v) is 14.4. The maximum Gasteiger partial charge on any atom is 0.192 e. The normalized spacial score (nSPS) is 32.9. The zero-order valence-electron chi connectivity index (χ0n) is 20.2. The quantitative estimate of drug-likeness (QED) is 0.540. The van der Waals surface area contributed by atoms with Gasteiger partial charge in [-0.05, 0) is 55.4 Å². The van der Waals surface area contributed by atoms with Gasteiger partial charge in [-0.15, -0.1) is 0 Å². The van der Waals surface area contributed by atoms with Crippen LogP contribution in [0.4, 0.5) is 0 Å². The lowest BCUT2D eigenvalue weighted by Crippen LogP contribution is -2.64. The van der Waals surface area contributed by atoms with Gasteiger partial charge in [0.05, 0.1) is 24.2 Å². The Bertz CT molecular complexity index is 848. The summed E-state index contributed by atoms with van der Waals surface area (Å²) in [6, 6.07) is 8.73. The smallest absolute Gasteiger partial charge is 0.192 e. The standard InChI is InChI=1S/C24H40O5SSi/c1-18-16-22(30(25,26)20-13-9-8-10-14-20)24(19(2)12-11-15-27-24)29-21(18)17-28-31(6,7)23(3,4)5/h8-10,13-14,18-19,21-22H,11-12,15-17H2,1-7H3/t18-,19+,21+,22+,24-/m0/s1. The molecule has 0 aromatic heterocycles. The molecule has 0 radical (unpaired) electrons. The van der Waals surface area contributed by atoms with Crippen LogP contribution in [-0.2, 0) is 23.7 Å². The van der Waals surface area contributed by atoms with Crippen molar-refractivity contribution in [1.29, 1.82) is 0 Å². The summed E-state index contributed by atoms with van der Waals surface area (Å²) in [6.45, 7) is 16.3. The van der Waals surface area contributed by atoms with Crippen molar-refractivity contribution in [3.63, 3.8) is 0 Å². The molecule has 0 amide bonds. The number of hydrogen-bond donors (Lipinski definition) is 0. The summed E-state index contributed by atoms with van der Waals surface area (Å²) in [5.74, 6) is -1.08. The van der Waals surface area contributed by atoms with E-state index in [0.717, 1.165) is 12.8 Å². The zero-order chi connectivity index (χ0) is 23.1. The van der Waals surface area contributed by atoms with Gasteiger partial charge in [0.2, 0.25) is 0 Å². The van der Waals surface area contributed by atoms with Crippen molar-refractivity contribution in [2.24, 2.45) is 11.8 Å². The molecule has 2 saturated heterocycles. The van der Waals surface area contributed by atoms with Gasteiger partial charge >= 0.3 is 0 Å². The van der Waals surface area contributed by atoms with Crippen LogP contribution in [0, 0.1) is 11.8 Å². The van der Waals surface area contributed by atoms with Crippen LogP contribution in [0.25, 0.3) is 0 Å². The van der Waals surface area contributed by atoms with Gasteiger partial charge in [0.1, 0.15) is 5.25 Å². The number of benzene rings is 1. The van der Waals surface area contributed by atoms with E-state index < -0.39 is 29.2 Å². The zero-order valence-corrected chi connectivity index (χ0v) is 22.0. The molecule has 2 fully saturated rings. The van der Waals surface area contributed by atoms with Crippen molar-refractivity contribution < 1.29 is 22.3 Å². The molecule has 5 atom stereocenters. The highest BCUT2D eigenvalue weighted by molar-refractivity contribution is 7.92. The summed E-state index contributed by atoms with van der Waals surface area (Å²) < 4.78 is 46.9. The van der Waals surface area contributed by atoms with E-state index in [4.69, 9.17) is 13.9 Å². The average molecular weight is 469 g/mol. The summed E-state index contributed by atoms with van der Waals surface area (Å²) in [6.07, 6.45) is 2.14. The predicted octanol–water partition coefficient (Wildman–Crippen LogP) is 5.42. The molecule has 2 heterocycles. The third kappa shape index (κ3) is 4.81. The second kappa shape index (κ2) is 8.90. The first kappa shape index (κ1) is 24.9. The van der Waals surface area contributed by atoms with Gasteiger partial charge in [0.15, 0.2) is 23.9 Å². The van der Waals surface area contributed by atoms with E-state index in [-0.39, 0.29) is 23.0 Å². The Balaban J connectivity index is 1.92. The number of hydrogen-bond acceptors (Lipinski definition) is 5. The minimum Gasteiger partial charge on any atom is -0.414 e. The van der Waals surface area contributed by atoms with E-state index in [1.807, 2.05) is 6.07 Å². The van der Waals surface area contributed by atoms with Gasteiger partial charge in [0.25, 0.3) is 0 Å². The van der Waals surface area contributed by atoms with Gasteiger partial charge in [-0.25, -0.2) is 8.42 Å². The van der Waals surface area contributed by atoms with Gasteiger partial charge in [0, 0.05) is 5.92 Å². The lowest BCUT2D eigenvalue weighted by molar-refractivity contribution is -0.325. The fourth-order valence-electron chi connectivity index (χ4n) is 4.43. The molecule has 176 valence electrons. The number of sulfone groups is 1. The molecule has 1 aromatic carbocycles. The van der Waals surface area contributed by atoms with Crippen molar-refractivity contribution in [2.75, 3.05) is 13.2 Å². The van der Waals surface area contributed by atoms with Crippen molar-refractivity contribution in [1.82, 2.24) is 0 Å². The van der Waals surface area contributed by atoms with Crippen LogP contribution in [0.5, 0.6) is 0 Å². The molecule has 1 aromatic rings.